The third-order valence-corrected chi connectivity index (χ3v) is 7.06. The molecule has 3 aromatic carbocycles. The lowest BCUT2D eigenvalue weighted by molar-refractivity contribution is -0.123. The first-order valence-electron chi connectivity index (χ1n) is 10.1. The number of amides is 2. The number of hydrogen-bond donors (Lipinski definition) is 1. The molecule has 0 unspecified atom stereocenters. The van der Waals surface area contributed by atoms with Gasteiger partial charge < -0.3 is 4.74 Å². The van der Waals surface area contributed by atoms with Gasteiger partial charge in [-0.3, -0.25) is 15.0 Å². The number of carbonyl (C=O) groups excluding carboxylic acids is 2. The van der Waals surface area contributed by atoms with Gasteiger partial charge in [0.1, 0.15) is 12.4 Å². The van der Waals surface area contributed by atoms with Gasteiger partial charge in [0.25, 0.3) is 11.8 Å². The molecule has 1 aliphatic heterocycles. The van der Waals surface area contributed by atoms with Crippen LogP contribution in [0.2, 0.25) is 5.02 Å². The van der Waals surface area contributed by atoms with Crippen LogP contribution >= 0.6 is 51.5 Å². The Hall–Kier alpha value is -2.65. The standard InChI is InChI=1S/C25H18BrClN2O3S2/c1-15-4-2-3-5-17(15)14-32-21-11-8-19(26)12-18(21)13-22-24(31)29(25(33)34-22)28-23(30)16-6-9-20(27)10-7-16/h2-13H,14H2,1H3,(H,28,30)/b22-13+. The fourth-order valence-corrected chi connectivity index (χ4v) is 4.84. The van der Waals surface area contributed by atoms with Crippen LogP contribution in [-0.2, 0) is 11.4 Å². The second-order valence-electron chi connectivity index (χ2n) is 7.36. The summed E-state index contributed by atoms with van der Waals surface area (Å²) in [4.78, 5) is 25.9. The molecule has 2 amide bonds. The minimum absolute atomic E-state index is 0.232. The summed E-state index contributed by atoms with van der Waals surface area (Å²) in [6, 6.07) is 19.9. The summed E-state index contributed by atoms with van der Waals surface area (Å²) in [6.07, 6.45) is 1.71. The summed E-state index contributed by atoms with van der Waals surface area (Å²) in [5.74, 6) is -0.247. The van der Waals surface area contributed by atoms with Gasteiger partial charge in [-0.15, -0.1) is 0 Å². The second-order valence-corrected chi connectivity index (χ2v) is 10.4. The number of nitrogens with zero attached hydrogens (tertiary/aromatic N) is 1. The fraction of sp³-hybridized carbons (Fsp3) is 0.0800. The van der Waals surface area contributed by atoms with Gasteiger partial charge in [0.15, 0.2) is 4.32 Å². The number of carbonyl (C=O) groups is 2. The number of ether oxygens (including phenoxy) is 1. The van der Waals surface area contributed by atoms with E-state index in [1.54, 1.807) is 30.3 Å². The average Bonchev–Trinajstić information content (AvgIpc) is 3.07. The first-order valence-corrected chi connectivity index (χ1v) is 12.5. The molecule has 172 valence electrons. The molecule has 1 aliphatic rings. The fourth-order valence-electron chi connectivity index (χ4n) is 3.16. The number of nitrogens with one attached hydrogen (secondary N) is 1. The first kappa shape index (κ1) is 24.5. The molecule has 4 rings (SSSR count). The van der Waals surface area contributed by atoms with Crippen LogP contribution in [0.25, 0.3) is 6.08 Å². The van der Waals surface area contributed by atoms with Gasteiger partial charge in [-0.25, -0.2) is 0 Å². The van der Waals surface area contributed by atoms with Crippen LogP contribution in [0.3, 0.4) is 0 Å². The predicted molar refractivity (Wildman–Crippen MR) is 144 cm³/mol. The Morgan fingerprint density at radius 2 is 1.91 bits per heavy atom. The van der Waals surface area contributed by atoms with Crippen molar-refractivity contribution in [2.45, 2.75) is 13.5 Å². The molecule has 1 N–H and O–H groups in total. The summed E-state index contributed by atoms with van der Waals surface area (Å²) in [7, 11) is 0. The molecule has 34 heavy (non-hydrogen) atoms. The van der Waals surface area contributed by atoms with E-state index in [-0.39, 0.29) is 4.32 Å². The van der Waals surface area contributed by atoms with Gasteiger partial charge in [0.05, 0.1) is 4.91 Å². The zero-order valence-electron chi connectivity index (χ0n) is 17.9. The molecule has 3 aromatic rings. The van der Waals surface area contributed by atoms with Gasteiger partial charge in [-0.2, -0.15) is 5.01 Å². The Morgan fingerprint density at radius 3 is 2.65 bits per heavy atom. The lowest BCUT2D eigenvalue weighted by atomic mass is 10.1. The van der Waals surface area contributed by atoms with Crippen molar-refractivity contribution in [3.8, 4) is 5.75 Å². The molecule has 9 heteroatoms. The molecule has 0 aliphatic carbocycles. The summed E-state index contributed by atoms with van der Waals surface area (Å²) in [5, 5.41) is 1.59. The lowest BCUT2D eigenvalue weighted by Gasteiger charge is -2.15. The molecule has 1 heterocycles. The van der Waals surface area contributed by atoms with E-state index >= 15 is 0 Å². The van der Waals surface area contributed by atoms with E-state index in [1.165, 1.54) is 0 Å². The minimum Gasteiger partial charge on any atom is -0.488 e. The van der Waals surface area contributed by atoms with Gasteiger partial charge in [0, 0.05) is 20.6 Å². The normalized spacial score (nSPS) is 14.6. The highest BCUT2D eigenvalue weighted by Crippen LogP contribution is 2.34. The van der Waals surface area contributed by atoms with E-state index in [1.807, 2.05) is 49.4 Å². The van der Waals surface area contributed by atoms with Gasteiger partial charge in [-0.05, 0) is 78.8 Å². The van der Waals surface area contributed by atoms with Crippen molar-refractivity contribution in [2.24, 2.45) is 0 Å². The molecule has 0 saturated carbocycles. The zero-order chi connectivity index (χ0) is 24.2. The molecule has 0 atom stereocenters. The number of aryl methyl sites for hydroxylation is 1. The Bertz CT molecular complexity index is 1310. The average molecular weight is 574 g/mol. The number of hydrogen-bond acceptors (Lipinski definition) is 5. The number of halogens is 2. The van der Waals surface area contributed by atoms with Crippen LogP contribution in [0.1, 0.15) is 27.0 Å². The topological polar surface area (TPSA) is 58.6 Å². The molecule has 1 fully saturated rings. The predicted octanol–water partition coefficient (Wildman–Crippen LogP) is 6.54. The molecule has 1 saturated heterocycles. The van der Waals surface area contributed by atoms with Crippen LogP contribution < -0.4 is 10.2 Å². The third-order valence-electron chi connectivity index (χ3n) is 5.02. The van der Waals surface area contributed by atoms with E-state index in [9.17, 15) is 9.59 Å². The Labute approximate surface area is 220 Å². The van der Waals surface area contributed by atoms with Crippen molar-refractivity contribution in [2.75, 3.05) is 0 Å². The lowest BCUT2D eigenvalue weighted by Crippen LogP contribution is -2.44. The van der Waals surface area contributed by atoms with Gasteiger partial charge in [-0.1, -0.05) is 63.6 Å². The van der Waals surface area contributed by atoms with Crippen LogP contribution in [0.15, 0.2) is 76.1 Å². The SMILES string of the molecule is Cc1ccccc1COc1ccc(Br)cc1/C=C1/SC(=S)N(NC(=O)c2ccc(Cl)cc2)C1=O. The van der Waals surface area contributed by atoms with Crippen molar-refractivity contribution >= 4 is 73.7 Å². The van der Waals surface area contributed by atoms with Crippen molar-refractivity contribution in [1.29, 1.82) is 0 Å². The van der Waals surface area contributed by atoms with Crippen LogP contribution in [0.4, 0.5) is 0 Å². The molecule has 0 radical (unpaired) electrons. The van der Waals surface area contributed by atoms with Crippen molar-refractivity contribution in [3.05, 3.63) is 103 Å². The van der Waals surface area contributed by atoms with E-state index in [0.29, 0.717) is 33.4 Å². The maximum absolute atomic E-state index is 13.0. The highest BCUT2D eigenvalue weighted by Gasteiger charge is 2.34. The Balaban J connectivity index is 1.53. The molecule has 0 spiro atoms. The molecule has 0 bridgehead atoms. The smallest absolute Gasteiger partial charge is 0.285 e. The van der Waals surface area contributed by atoms with E-state index in [2.05, 4.69) is 21.4 Å². The number of benzene rings is 3. The molecule has 0 aromatic heterocycles. The van der Waals surface area contributed by atoms with E-state index in [4.69, 9.17) is 28.6 Å². The first-order chi connectivity index (χ1) is 16.3. The van der Waals surface area contributed by atoms with Crippen molar-refractivity contribution in [3.63, 3.8) is 0 Å². The highest BCUT2D eigenvalue weighted by atomic mass is 79.9. The quantitative estimate of drug-likeness (QED) is 0.268. The molecular weight excluding hydrogens is 556 g/mol. The maximum atomic E-state index is 13.0. The largest absolute Gasteiger partial charge is 0.488 e. The van der Waals surface area contributed by atoms with Gasteiger partial charge in [0.2, 0.25) is 0 Å². The van der Waals surface area contributed by atoms with E-state index in [0.717, 1.165) is 32.4 Å². The number of thioether (sulfide) groups is 1. The third kappa shape index (κ3) is 5.70. The van der Waals surface area contributed by atoms with Crippen molar-refractivity contribution in [1.82, 2.24) is 10.4 Å². The number of hydrazine groups is 1. The Morgan fingerprint density at radius 1 is 1.18 bits per heavy atom. The monoisotopic (exact) mass is 572 g/mol. The van der Waals surface area contributed by atoms with Crippen LogP contribution in [-0.4, -0.2) is 21.1 Å². The maximum Gasteiger partial charge on any atom is 0.285 e. The zero-order valence-corrected chi connectivity index (χ0v) is 21.9. The number of rotatable bonds is 6. The second kappa shape index (κ2) is 10.7. The Kier molecular flexibility index (Phi) is 7.73. The molecule has 5 nitrogen and oxygen atoms in total. The minimum atomic E-state index is -0.459. The van der Waals surface area contributed by atoms with Crippen molar-refractivity contribution < 1.29 is 14.3 Å². The van der Waals surface area contributed by atoms with Crippen LogP contribution in [0.5, 0.6) is 5.75 Å². The summed E-state index contributed by atoms with van der Waals surface area (Å²) < 4.78 is 7.15. The van der Waals surface area contributed by atoms with E-state index < -0.39 is 11.8 Å². The molecular formula is C25H18BrClN2O3S2. The van der Waals surface area contributed by atoms with Crippen LogP contribution in [0, 0.1) is 6.92 Å². The number of thiocarbonyl (C=S) groups is 1. The highest BCUT2D eigenvalue weighted by molar-refractivity contribution is 9.10. The summed E-state index contributed by atoms with van der Waals surface area (Å²) >= 11 is 15.8. The van der Waals surface area contributed by atoms with Gasteiger partial charge >= 0.3 is 0 Å². The summed E-state index contributed by atoms with van der Waals surface area (Å²) in [6.45, 7) is 2.43. The summed E-state index contributed by atoms with van der Waals surface area (Å²) in [5.41, 5.74) is 5.86.